The van der Waals surface area contributed by atoms with Crippen LogP contribution < -0.4 is 0 Å². The molecule has 0 aliphatic carbocycles. The number of hydrogen-bond donors (Lipinski definition) is 0. The van der Waals surface area contributed by atoms with Gasteiger partial charge in [0, 0.05) is 19.4 Å². The Labute approximate surface area is 145 Å². The number of aromatic nitrogens is 2. The number of methoxy groups -OCH3 is 1. The number of rotatable bonds is 7. The predicted octanol–water partition coefficient (Wildman–Crippen LogP) is 2.54. The Kier molecular flexibility index (Phi) is 6.24. The largest absolute Gasteiger partial charge is 0.462 e. The van der Waals surface area contributed by atoms with Crippen molar-refractivity contribution in [3.63, 3.8) is 0 Å². The van der Waals surface area contributed by atoms with Gasteiger partial charge in [-0.15, -0.1) is 0 Å². The van der Waals surface area contributed by atoms with Crippen LogP contribution in [0, 0.1) is 6.92 Å². The maximum atomic E-state index is 12.6. The van der Waals surface area contributed by atoms with Gasteiger partial charge < -0.3 is 18.7 Å². The molecular formula is C17H20N2O6. The minimum absolute atomic E-state index is 0.00389. The van der Waals surface area contributed by atoms with Crippen molar-refractivity contribution in [1.29, 1.82) is 0 Å². The van der Waals surface area contributed by atoms with Crippen LogP contribution in [-0.4, -0.2) is 42.4 Å². The van der Waals surface area contributed by atoms with Crippen LogP contribution in [-0.2, 0) is 20.8 Å². The van der Waals surface area contributed by atoms with Gasteiger partial charge in [-0.05, 0) is 20.8 Å². The molecule has 0 radical (unpaired) electrons. The Morgan fingerprint density at radius 2 is 1.84 bits per heavy atom. The lowest BCUT2D eigenvalue weighted by molar-refractivity contribution is 0.0478. The van der Waals surface area contributed by atoms with Crippen LogP contribution in [0.15, 0.2) is 16.8 Å². The molecule has 0 amide bonds. The molecular weight excluding hydrogens is 328 g/mol. The summed E-state index contributed by atoms with van der Waals surface area (Å²) in [5, 5.41) is 3.84. The normalized spacial score (nSPS) is 10.6. The number of hydrogen-bond acceptors (Lipinski definition) is 8. The molecule has 0 aliphatic heterocycles. The molecule has 0 unspecified atom stereocenters. The molecule has 0 spiro atoms. The van der Waals surface area contributed by atoms with Crippen LogP contribution in [0.4, 0.5) is 0 Å². The molecule has 0 N–H and O–H groups in total. The second kappa shape index (κ2) is 8.39. The second-order valence-electron chi connectivity index (χ2n) is 5.08. The Balaban J connectivity index is 2.75. The van der Waals surface area contributed by atoms with Gasteiger partial charge in [-0.25, -0.2) is 9.59 Å². The molecule has 134 valence electrons. The van der Waals surface area contributed by atoms with Gasteiger partial charge in [0.1, 0.15) is 0 Å². The number of ether oxygens (including phenoxy) is 3. The lowest BCUT2D eigenvalue weighted by Crippen LogP contribution is -2.18. The van der Waals surface area contributed by atoms with Gasteiger partial charge in [-0.3, -0.25) is 4.98 Å². The van der Waals surface area contributed by atoms with E-state index in [-0.39, 0.29) is 30.9 Å². The van der Waals surface area contributed by atoms with E-state index >= 15 is 0 Å². The number of aryl methyl sites for hydroxylation is 1. The summed E-state index contributed by atoms with van der Waals surface area (Å²) >= 11 is 0. The van der Waals surface area contributed by atoms with E-state index in [9.17, 15) is 9.59 Å². The third-order valence-electron chi connectivity index (χ3n) is 3.29. The summed E-state index contributed by atoms with van der Waals surface area (Å²) in [5.41, 5.74) is 1.39. The SMILES string of the molecule is CCOC(=O)c1cnc(COC)c(-c2cc(C)no2)c1C(=O)OCC. The van der Waals surface area contributed by atoms with Crippen molar-refractivity contribution in [2.75, 3.05) is 20.3 Å². The van der Waals surface area contributed by atoms with Crippen LogP contribution in [0.25, 0.3) is 11.3 Å². The zero-order valence-corrected chi connectivity index (χ0v) is 14.6. The van der Waals surface area contributed by atoms with Gasteiger partial charge in [-0.2, -0.15) is 0 Å². The van der Waals surface area contributed by atoms with Gasteiger partial charge in [0.2, 0.25) is 0 Å². The fourth-order valence-corrected chi connectivity index (χ4v) is 2.32. The first-order chi connectivity index (χ1) is 12.0. The average Bonchev–Trinajstić information content (AvgIpc) is 3.01. The summed E-state index contributed by atoms with van der Waals surface area (Å²) in [7, 11) is 1.50. The third kappa shape index (κ3) is 4.03. The molecule has 0 saturated carbocycles. The standard InChI is InChI=1S/C17H20N2O6/c1-5-23-16(20)11-8-18-12(9-22-4)15(13-7-10(3)19-25-13)14(11)17(21)24-6-2/h7-8H,5-6,9H2,1-4H3. The number of nitrogens with zero attached hydrogens (tertiary/aromatic N) is 2. The zero-order valence-electron chi connectivity index (χ0n) is 14.6. The molecule has 8 nitrogen and oxygen atoms in total. The molecule has 0 fully saturated rings. The number of carbonyl (C=O) groups is 2. The average molecular weight is 348 g/mol. The Morgan fingerprint density at radius 1 is 1.16 bits per heavy atom. The highest BCUT2D eigenvalue weighted by Gasteiger charge is 2.29. The van der Waals surface area contributed by atoms with Gasteiger partial charge in [-0.1, -0.05) is 5.16 Å². The predicted molar refractivity (Wildman–Crippen MR) is 87.1 cm³/mol. The molecule has 0 aliphatic rings. The van der Waals surface area contributed by atoms with Gasteiger partial charge in [0.05, 0.1) is 47.9 Å². The summed E-state index contributed by atoms with van der Waals surface area (Å²) in [5.74, 6) is -1.04. The Bertz CT molecular complexity index is 768. The maximum Gasteiger partial charge on any atom is 0.340 e. The maximum absolute atomic E-state index is 12.6. The monoisotopic (exact) mass is 348 g/mol. The molecule has 0 bridgehead atoms. The van der Waals surface area contributed by atoms with Gasteiger partial charge in [0.15, 0.2) is 5.76 Å². The highest BCUT2D eigenvalue weighted by molar-refractivity contribution is 6.07. The summed E-state index contributed by atoms with van der Waals surface area (Å²) in [6, 6.07) is 1.65. The minimum Gasteiger partial charge on any atom is -0.462 e. The molecule has 2 heterocycles. The smallest absolute Gasteiger partial charge is 0.340 e. The Hall–Kier alpha value is -2.74. The van der Waals surface area contributed by atoms with E-state index in [0.717, 1.165) is 0 Å². The highest BCUT2D eigenvalue weighted by Crippen LogP contribution is 2.31. The summed E-state index contributed by atoms with van der Waals surface area (Å²) in [6.45, 7) is 5.53. The number of carbonyl (C=O) groups excluding carboxylic acids is 2. The van der Waals surface area contributed by atoms with E-state index in [4.69, 9.17) is 18.7 Å². The van der Waals surface area contributed by atoms with Crippen molar-refractivity contribution in [2.45, 2.75) is 27.4 Å². The van der Waals surface area contributed by atoms with Crippen molar-refractivity contribution >= 4 is 11.9 Å². The molecule has 0 atom stereocenters. The van der Waals surface area contributed by atoms with E-state index in [1.54, 1.807) is 26.8 Å². The summed E-state index contributed by atoms with van der Waals surface area (Å²) in [4.78, 5) is 29.1. The van der Waals surface area contributed by atoms with Crippen LogP contribution in [0.3, 0.4) is 0 Å². The second-order valence-corrected chi connectivity index (χ2v) is 5.08. The van der Waals surface area contributed by atoms with Crippen LogP contribution in [0.2, 0.25) is 0 Å². The molecule has 2 aromatic heterocycles. The fraction of sp³-hybridized carbons (Fsp3) is 0.412. The van der Waals surface area contributed by atoms with E-state index in [2.05, 4.69) is 10.1 Å². The van der Waals surface area contributed by atoms with Crippen molar-refractivity contribution < 1.29 is 28.3 Å². The Morgan fingerprint density at radius 3 is 2.40 bits per heavy atom. The highest BCUT2D eigenvalue weighted by atomic mass is 16.5. The van der Waals surface area contributed by atoms with E-state index in [1.807, 2.05) is 0 Å². The van der Waals surface area contributed by atoms with Crippen LogP contribution >= 0.6 is 0 Å². The summed E-state index contributed by atoms with van der Waals surface area (Å²) in [6.07, 6.45) is 1.28. The van der Waals surface area contributed by atoms with Gasteiger partial charge in [0.25, 0.3) is 0 Å². The topological polar surface area (TPSA) is 101 Å². The van der Waals surface area contributed by atoms with E-state index in [0.29, 0.717) is 22.7 Å². The molecule has 2 rings (SSSR count). The first-order valence-electron chi connectivity index (χ1n) is 7.82. The quantitative estimate of drug-likeness (QED) is 0.704. The first kappa shape index (κ1) is 18.6. The van der Waals surface area contributed by atoms with E-state index in [1.165, 1.54) is 13.3 Å². The molecule has 25 heavy (non-hydrogen) atoms. The first-order valence-corrected chi connectivity index (χ1v) is 7.82. The third-order valence-corrected chi connectivity index (χ3v) is 3.29. The fourth-order valence-electron chi connectivity index (χ4n) is 2.32. The van der Waals surface area contributed by atoms with Crippen molar-refractivity contribution in [3.8, 4) is 11.3 Å². The van der Waals surface area contributed by atoms with Crippen molar-refractivity contribution in [1.82, 2.24) is 10.1 Å². The molecule has 0 aromatic carbocycles. The van der Waals surface area contributed by atoms with Crippen molar-refractivity contribution in [3.05, 3.63) is 34.8 Å². The molecule has 8 heteroatoms. The lowest BCUT2D eigenvalue weighted by atomic mass is 9.98. The lowest BCUT2D eigenvalue weighted by Gasteiger charge is -2.14. The molecule has 2 aromatic rings. The van der Waals surface area contributed by atoms with Crippen LogP contribution in [0.1, 0.15) is 46.0 Å². The number of pyridine rings is 1. The van der Waals surface area contributed by atoms with Crippen LogP contribution in [0.5, 0.6) is 0 Å². The van der Waals surface area contributed by atoms with E-state index < -0.39 is 11.9 Å². The summed E-state index contributed by atoms with van der Waals surface area (Å²) < 4.78 is 20.6. The zero-order chi connectivity index (χ0) is 18.4. The van der Waals surface area contributed by atoms with Crippen molar-refractivity contribution in [2.24, 2.45) is 0 Å². The number of esters is 2. The molecule has 0 saturated heterocycles. The minimum atomic E-state index is -0.672. The van der Waals surface area contributed by atoms with Gasteiger partial charge >= 0.3 is 11.9 Å².